The largest absolute Gasteiger partial charge is 0.466 e. The summed E-state index contributed by atoms with van der Waals surface area (Å²) in [5.74, 6) is 3.91. The van der Waals surface area contributed by atoms with E-state index in [-0.39, 0.29) is 23.5 Å². The van der Waals surface area contributed by atoms with E-state index in [9.17, 15) is 9.59 Å². The Morgan fingerprint density at radius 3 is 2.47 bits per heavy atom. The van der Waals surface area contributed by atoms with Crippen LogP contribution in [0.1, 0.15) is 106 Å². The summed E-state index contributed by atoms with van der Waals surface area (Å²) in [5, 5.41) is 0. The maximum Gasteiger partial charge on any atom is 0.302 e. The standard InChI is InChI=1S/C31H49BrO4/c1-19(18-35-21(3)33)8-7-9-20(2)25-10-11-26-29-27(13-15-31(25,26)6)30(5)14-12-24(36-22(4)34)16-23(30)17-28(29)32/h17,19-20,24-29H,7-16,18H2,1-6H3/t19-,20-,24+,25-,26+,27+,28?,29+,30+,31-/m1/s1. The lowest BCUT2D eigenvalue weighted by Crippen LogP contribution is -2.54. The van der Waals surface area contributed by atoms with Crippen LogP contribution in [0.2, 0.25) is 0 Å². The number of carbonyl (C=O) groups excluding carboxylic acids is 2. The minimum absolute atomic E-state index is 0.0559. The number of esters is 2. The fourth-order valence-corrected chi connectivity index (χ4v) is 10.3. The second-order valence-electron chi connectivity index (χ2n) is 13.4. The zero-order chi connectivity index (χ0) is 26.3. The highest BCUT2D eigenvalue weighted by atomic mass is 79.9. The molecule has 0 N–H and O–H groups in total. The molecule has 0 aromatic carbocycles. The van der Waals surface area contributed by atoms with Gasteiger partial charge in [-0.1, -0.05) is 68.1 Å². The maximum atomic E-state index is 11.6. The Morgan fingerprint density at radius 1 is 1.03 bits per heavy atom. The lowest BCUT2D eigenvalue weighted by Gasteiger charge is -2.59. The minimum Gasteiger partial charge on any atom is -0.466 e. The van der Waals surface area contributed by atoms with Crippen LogP contribution in [0.4, 0.5) is 0 Å². The van der Waals surface area contributed by atoms with E-state index in [0.29, 0.717) is 28.7 Å². The van der Waals surface area contributed by atoms with Crippen molar-refractivity contribution >= 4 is 27.9 Å². The zero-order valence-corrected chi connectivity index (χ0v) is 25.1. The van der Waals surface area contributed by atoms with Crippen molar-refractivity contribution in [3.05, 3.63) is 11.6 Å². The molecule has 0 bridgehead atoms. The first-order valence-electron chi connectivity index (χ1n) is 14.6. The number of allylic oxidation sites excluding steroid dienone is 1. The van der Waals surface area contributed by atoms with Gasteiger partial charge in [0, 0.05) is 25.1 Å². The molecular weight excluding hydrogens is 516 g/mol. The summed E-state index contributed by atoms with van der Waals surface area (Å²) >= 11 is 4.17. The molecule has 0 aromatic rings. The number of halogens is 1. The molecule has 4 aliphatic carbocycles. The average molecular weight is 566 g/mol. The van der Waals surface area contributed by atoms with Crippen LogP contribution < -0.4 is 0 Å². The number of alkyl halides is 1. The van der Waals surface area contributed by atoms with Crippen LogP contribution in [0.3, 0.4) is 0 Å². The second-order valence-corrected chi connectivity index (χ2v) is 14.4. The highest BCUT2D eigenvalue weighted by Crippen LogP contribution is 2.68. The van der Waals surface area contributed by atoms with Gasteiger partial charge in [0.25, 0.3) is 0 Å². The van der Waals surface area contributed by atoms with E-state index < -0.39 is 0 Å². The van der Waals surface area contributed by atoms with Crippen LogP contribution >= 0.6 is 15.9 Å². The van der Waals surface area contributed by atoms with Crippen molar-refractivity contribution in [1.82, 2.24) is 0 Å². The van der Waals surface area contributed by atoms with Gasteiger partial charge in [-0.15, -0.1) is 0 Å². The van der Waals surface area contributed by atoms with E-state index in [1.54, 1.807) is 0 Å². The molecule has 5 heteroatoms. The molecular formula is C31H49BrO4. The molecule has 0 heterocycles. The van der Waals surface area contributed by atoms with E-state index >= 15 is 0 Å². The molecule has 3 fully saturated rings. The Hall–Kier alpha value is -0.840. The Morgan fingerprint density at radius 2 is 1.78 bits per heavy atom. The van der Waals surface area contributed by atoms with E-state index in [0.717, 1.165) is 49.4 Å². The van der Waals surface area contributed by atoms with Gasteiger partial charge in [0.2, 0.25) is 0 Å². The monoisotopic (exact) mass is 564 g/mol. The maximum absolute atomic E-state index is 11.6. The zero-order valence-electron chi connectivity index (χ0n) is 23.5. The van der Waals surface area contributed by atoms with Gasteiger partial charge >= 0.3 is 11.9 Å². The Balaban J connectivity index is 1.41. The summed E-state index contributed by atoms with van der Waals surface area (Å²) in [5.41, 5.74) is 2.24. The van der Waals surface area contributed by atoms with Gasteiger partial charge in [-0.2, -0.15) is 0 Å². The van der Waals surface area contributed by atoms with Crippen LogP contribution in [0.15, 0.2) is 11.6 Å². The average Bonchev–Trinajstić information content (AvgIpc) is 3.15. The van der Waals surface area contributed by atoms with Gasteiger partial charge in [0.1, 0.15) is 6.10 Å². The Kier molecular flexibility index (Phi) is 8.69. The first-order chi connectivity index (χ1) is 17.0. The molecule has 1 unspecified atom stereocenters. The van der Waals surface area contributed by atoms with Crippen molar-refractivity contribution in [2.24, 2.45) is 46.3 Å². The fraction of sp³-hybridized carbons (Fsp3) is 0.871. The van der Waals surface area contributed by atoms with Gasteiger partial charge in [-0.3, -0.25) is 9.59 Å². The molecule has 0 aliphatic heterocycles. The van der Waals surface area contributed by atoms with Crippen LogP contribution in [-0.2, 0) is 19.1 Å². The van der Waals surface area contributed by atoms with Gasteiger partial charge in [0.15, 0.2) is 0 Å². The van der Waals surface area contributed by atoms with Crippen LogP contribution in [0, 0.1) is 46.3 Å². The first kappa shape index (κ1) is 28.2. The van der Waals surface area contributed by atoms with E-state index in [1.165, 1.54) is 57.9 Å². The smallest absolute Gasteiger partial charge is 0.302 e. The number of fused-ring (bicyclic) bond motifs is 5. The van der Waals surface area contributed by atoms with Crippen molar-refractivity contribution in [2.45, 2.75) is 117 Å². The SMILES string of the molecule is CC(=O)OC[C@H](C)CCC[C@@H](C)[C@H]1CC[C@H]2[C@@H]3C(Br)C=C4C[C@@H](OC(C)=O)CC[C@]4(C)[C@H]3CC[C@]12C. The third kappa shape index (κ3) is 5.47. The molecule has 36 heavy (non-hydrogen) atoms. The van der Waals surface area contributed by atoms with Gasteiger partial charge < -0.3 is 9.47 Å². The molecule has 4 aliphatic rings. The predicted molar refractivity (Wildman–Crippen MR) is 148 cm³/mol. The lowest BCUT2D eigenvalue weighted by atomic mass is 9.47. The summed E-state index contributed by atoms with van der Waals surface area (Å²) in [6.07, 6.45) is 14.7. The lowest BCUT2D eigenvalue weighted by molar-refractivity contribution is -0.148. The van der Waals surface area contributed by atoms with E-state index in [1.807, 2.05) is 0 Å². The molecule has 0 aromatic heterocycles. The van der Waals surface area contributed by atoms with Crippen LogP contribution in [-0.4, -0.2) is 29.5 Å². The first-order valence-corrected chi connectivity index (χ1v) is 15.5. The second kappa shape index (κ2) is 11.1. The van der Waals surface area contributed by atoms with E-state index in [2.05, 4.69) is 49.7 Å². The molecule has 10 atom stereocenters. The summed E-state index contributed by atoms with van der Waals surface area (Å²) in [4.78, 5) is 23.1. The van der Waals surface area contributed by atoms with Crippen molar-refractivity contribution in [3.63, 3.8) is 0 Å². The van der Waals surface area contributed by atoms with Crippen molar-refractivity contribution in [1.29, 1.82) is 0 Å². The van der Waals surface area contributed by atoms with Crippen molar-refractivity contribution in [3.8, 4) is 0 Å². The third-order valence-corrected chi connectivity index (χ3v) is 11.9. The highest BCUT2D eigenvalue weighted by Gasteiger charge is 2.61. The molecule has 0 amide bonds. The molecule has 0 spiro atoms. The summed E-state index contributed by atoms with van der Waals surface area (Å²) < 4.78 is 10.8. The quantitative estimate of drug-likeness (QED) is 0.171. The van der Waals surface area contributed by atoms with Gasteiger partial charge in [0.05, 0.1) is 6.61 Å². The normalized spacial score (nSPS) is 41.2. The summed E-state index contributed by atoms with van der Waals surface area (Å²) in [6.45, 7) is 13.4. The molecule has 4 nitrogen and oxygen atoms in total. The summed E-state index contributed by atoms with van der Waals surface area (Å²) in [7, 11) is 0. The number of rotatable bonds is 8. The van der Waals surface area contributed by atoms with Crippen molar-refractivity contribution < 1.29 is 19.1 Å². The Bertz CT molecular complexity index is 854. The molecule has 3 saturated carbocycles. The number of hydrogen-bond acceptors (Lipinski definition) is 4. The fourth-order valence-electron chi connectivity index (χ4n) is 9.21. The van der Waals surface area contributed by atoms with Gasteiger partial charge in [-0.25, -0.2) is 0 Å². The molecule has 4 rings (SSSR count). The number of hydrogen-bond donors (Lipinski definition) is 0. The molecule has 0 radical (unpaired) electrons. The third-order valence-electron chi connectivity index (χ3n) is 11.1. The minimum atomic E-state index is -0.170. The number of ether oxygens (including phenoxy) is 2. The Labute approximate surface area is 227 Å². The molecule has 0 saturated heterocycles. The predicted octanol–water partition coefficient (Wildman–Crippen LogP) is 7.88. The van der Waals surface area contributed by atoms with Crippen LogP contribution in [0.5, 0.6) is 0 Å². The summed E-state index contributed by atoms with van der Waals surface area (Å²) in [6, 6.07) is 0. The van der Waals surface area contributed by atoms with Crippen molar-refractivity contribution in [2.75, 3.05) is 6.61 Å². The van der Waals surface area contributed by atoms with E-state index in [4.69, 9.17) is 9.47 Å². The topological polar surface area (TPSA) is 52.6 Å². The van der Waals surface area contributed by atoms with Crippen LogP contribution in [0.25, 0.3) is 0 Å². The molecule has 204 valence electrons. The van der Waals surface area contributed by atoms with Gasteiger partial charge in [-0.05, 0) is 91.3 Å². The highest BCUT2D eigenvalue weighted by molar-refractivity contribution is 9.09. The number of carbonyl (C=O) groups is 2.